The number of piperidine rings is 1. The third-order valence-electron chi connectivity index (χ3n) is 5.94. The zero-order valence-electron chi connectivity index (χ0n) is 14.5. The number of rotatable bonds is 4. The Morgan fingerprint density at radius 1 is 0.917 bits per heavy atom. The third kappa shape index (κ3) is 4.21. The van der Waals surface area contributed by atoms with Crippen LogP contribution in [0.2, 0.25) is 0 Å². The van der Waals surface area contributed by atoms with Crippen LogP contribution in [0.5, 0.6) is 0 Å². The highest BCUT2D eigenvalue weighted by Crippen LogP contribution is 2.27. The number of carboxylic acid groups (broad SMARTS) is 1. The van der Waals surface area contributed by atoms with Crippen LogP contribution in [0.1, 0.15) is 57.8 Å². The largest absolute Gasteiger partial charge is 0.480 e. The van der Waals surface area contributed by atoms with Gasteiger partial charge in [0.05, 0.1) is 6.61 Å². The fourth-order valence-corrected chi connectivity index (χ4v) is 4.51. The summed E-state index contributed by atoms with van der Waals surface area (Å²) in [6, 6.07) is -0.0456. The summed E-state index contributed by atoms with van der Waals surface area (Å²) in [5.74, 6) is -0.164. The van der Waals surface area contributed by atoms with E-state index in [0.717, 1.165) is 32.2 Å². The first kappa shape index (κ1) is 17.5. The predicted molar refractivity (Wildman–Crippen MR) is 89.9 cm³/mol. The van der Waals surface area contributed by atoms with E-state index in [1.165, 1.54) is 32.1 Å². The van der Waals surface area contributed by atoms with Gasteiger partial charge in [-0.2, -0.15) is 0 Å². The first-order valence-corrected chi connectivity index (χ1v) is 9.55. The SMILES string of the molecule is O=C(O)C1CCCN1C1CCN(C(=O)OCC2CCCCC2)CC1. The summed E-state index contributed by atoms with van der Waals surface area (Å²) in [7, 11) is 0. The Hall–Kier alpha value is -1.30. The maximum atomic E-state index is 12.2. The molecule has 2 heterocycles. The lowest BCUT2D eigenvalue weighted by molar-refractivity contribution is -0.143. The fraction of sp³-hybridized carbons (Fsp3) is 0.889. The maximum Gasteiger partial charge on any atom is 0.409 e. The van der Waals surface area contributed by atoms with Gasteiger partial charge in [-0.15, -0.1) is 0 Å². The zero-order chi connectivity index (χ0) is 16.9. The molecule has 0 aromatic carbocycles. The molecule has 1 unspecified atom stereocenters. The number of likely N-dealkylation sites (tertiary alicyclic amines) is 2. The van der Waals surface area contributed by atoms with Gasteiger partial charge in [0.2, 0.25) is 0 Å². The molecule has 3 aliphatic rings. The molecular weight excluding hydrogens is 308 g/mol. The van der Waals surface area contributed by atoms with E-state index in [4.69, 9.17) is 4.74 Å². The molecule has 0 aromatic heterocycles. The number of nitrogens with zero attached hydrogens (tertiary/aromatic N) is 2. The highest BCUT2D eigenvalue weighted by Gasteiger charge is 2.37. The van der Waals surface area contributed by atoms with E-state index in [-0.39, 0.29) is 18.2 Å². The molecule has 136 valence electrons. The number of carbonyl (C=O) groups is 2. The van der Waals surface area contributed by atoms with Gasteiger partial charge in [-0.25, -0.2) is 4.79 Å². The monoisotopic (exact) mass is 338 g/mol. The minimum Gasteiger partial charge on any atom is -0.480 e. The first-order chi connectivity index (χ1) is 11.6. The van der Waals surface area contributed by atoms with Gasteiger partial charge in [0.1, 0.15) is 6.04 Å². The number of carboxylic acids is 1. The van der Waals surface area contributed by atoms with E-state index in [1.54, 1.807) is 4.90 Å². The predicted octanol–water partition coefficient (Wildman–Crippen LogP) is 2.72. The second-order valence-electron chi connectivity index (χ2n) is 7.53. The van der Waals surface area contributed by atoms with Crippen molar-refractivity contribution >= 4 is 12.1 Å². The van der Waals surface area contributed by atoms with Crippen LogP contribution in [0.4, 0.5) is 4.79 Å². The number of hydrogen-bond donors (Lipinski definition) is 1. The van der Waals surface area contributed by atoms with Crippen molar-refractivity contribution in [2.75, 3.05) is 26.2 Å². The van der Waals surface area contributed by atoms with Crippen LogP contribution < -0.4 is 0 Å². The van der Waals surface area contributed by atoms with Gasteiger partial charge in [0, 0.05) is 19.1 Å². The summed E-state index contributed by atoms with van der Waals surface area (Å²) in [6.45, 7) is 2.79. The molecule has 6 nitrogen and oxygen atoms in total. The van der Waals surface area contributed by atoms with Crippen LogP contribution >= 0.6 is 0 Å². The van der Waals surface area contributed by atoms with Crippen molar-refractivity contribution in [3.8, 4) is 0 Å². The van der Waals surface area contributed by atoms with Gasteiger partial charge in [-0.1, -0.05) is 19.3 Å². The summed E-state index contributed by atoms with van der Waals surface area (Å²) < 4.78 is 5.52. The quantitative estimate of drug-likeness (QED) is 0.853. The normalized spacial score (nSPS) is 27.3. The van der Waals surface area contributed by atoms with Gasteiger partial charge in [0.25, 0.3) is 0 Å². The standard InChI is InChI=1S/C18H30N2O4/c21-17(22)16-7-4-10-20(16)15-8-11-19(12-9-15)18(23)24-13-14-5-2-1-3-6-14/h14-16H,1-13H2,(H,21,22). The highest BCUT2D eigenvalue weighted by atomic mass is 16.6. The van der Waals surface area contributed by atoms with Crippen LogP contribution in [-0.2, 0) is 9.53 Å². The van der Waals surface area contributed by atoms with E-state index < -0.39 is 5.97 Å². The Kier molecular flexibility index (Phi) is 5.98. The molecular formula is C18H30N2O4. The van der Waals surface area contributed by atoms with Gasteiger partial charge >= 0.3 is 12.1 Å². The average molecular weight is 338 g/mol. The van der Waals surface area contributed by atoms with E-state index >= 15 is 0 Å². The van der Waals surface area contributed by atoms with Crippen molar-refractivity contribution in [3.05, 3.63) is 0 Å². The molecule has 1 N–H and O–H groups in total. The topological polar surface area (TPSA) is 70.1 Å². The Bertz CT molecular complexity index is 442. The molecule has 6 heteroatoms. The van der Waals surface area contributed by atoms with Gasteiger partial charge in [0.15, 0.2) is 0 Å². The molecule has 1 aliphatic carbocycles. The van der Waals surface area contributed by atoms with E-state index in [2.05, 4.69) is 4.90 Å². The molecule has 2 aliphatic heterocycles. The van der Waals surface area contributed by atoms with Crippen LogP contribution in [0.25, 0.3) is 0 Å². The fourth-order valence-electron chi connectivity index (χ4n) is 4.51. The molecule has 0 radical (unpaired) electrons. The Morgan fingerprint density at radius 3 is 2.29 bits per heavy atom. The summed E-state index contributed by atoms with van der Waals surface area (Å²) in [6.07, 6.45) is 9.41. The first-order valence-electron chi connectivity index (χ1n) is 9.55. The second kappa shape index (κ2) is 8.19. The van der Waals surface area contributed by atoms with Crippen LogP contribution in [0.15, 0.2) is 0 Å². The van der Waals surface area contributed by atoms with Crippen molar-refractivity contribution in [2.45, 2.75) is 69.9 Å². The molecule has 0 spiro atoms. The summed E-state index contributed by atoms with van der Waals surface area (Å²) in [5.41, 5.74) is 0. The molecule has 0 bridgehead atoms. The number of amides is 1. The molecule has 0 aromatic rings. The lowest BCUT2D eigenvalue weighted by atomic mass is 9.90. The third-order valence-corrected chi connectivity index (χ3v) is 5.94. The van der Waals surface area contributed by atoms with E-state index in [1.807, 2.05) is 0 Å². The lowest BCUT2D eigenvalue weighted by Gasteiger charge is -2.38. The maximum absolute atomic E-state index is 12.2. The van der Waals surface area contributed by atoms with Crippen LogP contribution in [-0.4, -0.2) is 65.3 Å². The van der Waals surface area contributed by atoms with Crippen molar-refractivity contribution in [1.82, 2.24) is 9.80 Å². The van der Waals surface area contributed by atoms with Crippen LogP contribution in [0, 0.1) is 5.92 Å². The number of hydrogen-bond acceptors (Lipinski definition) is 4. The Labute approximate surface area is 144 Å². The van der Waals surface area contributed by atoms with Crippen molar-refractivity contribution in [2.24, 2.45) is 5.92 Å². The molecule has 24 heavy (non-hydrogen) atoms. The summed E-state index contributed by atoms with van der Waals surface area (Å²) >= 11 is 0. The summed E-state index contributed by atoms with van der Waals surface area (Å²) in [5, 5.41) is 9.32. The smallest absolute Gasteiger partial charge is 0.409 e. The van der Waals surface area contributed by atoms with Crippen molar-refractivity contribution in [3.63, 3.8) is 0 Å². The molecule has 1 amide bonds. The van der Waals surface area contributed by atoms with Gasteiger partial charge in [-0.05, 0) is 51.0 Å². The zero-order valence-corrected chi connectivity index (χ0v) is 14.5. The number of carbonyl (C=O) groups excluding carboxylic acids is 1. The van der Waals surface area contributed by atoms with E-state index in [9.17, 15) is 14.7 Å². The number of ether oxygens (including phenoxy) is 1. The lowest BCUT2D eigenvalue weighted by Crippen LogP contribution is -2.50. The average Bonchev–Trinajstić information content (AvgIpc) is 3.11. The molecule has 2 saturated heterocycles. The number of aliphatic carboxylic acids is 1. The minimum atomic E-state index is -0.707. The molecule has 1 saturated carbocycles. The Morgan fingerprint density at radius 2 is 1.62 bits per heavy atom. The van der Waals surface area contributed by atoms with Crippen molar-refractivity contribution in [1.29, 1.82) is 0 Å². The highest BCUT2D eigenvalue weighted by molar-refractivity contribution is 5.74. The summed E-state index contributed by atoms with van der Waals surface area (Å²) in [4.78, 5) is 27.5. The Balaban J connectivity index is 1.41. The molecule has 3 fully saturated rings. The van der Waals surface area contributed by atoms with Gasteiger partial charge in [-0.3, -0.25) is 9.69 Å². The second-order valence-corrected chi connectivity index (χ2v) is 7.53. The van der Waals surface area contributed by atoms with Crippen LogP contribution in [0.3, 0.4) is 0 Å². The van der Waals surface area contributed by atoms with Gasteiger partial charge < -0.3 is 14.7 Å². The van der Waals surface area contributed by atoms with E-state index in [0.29, 0.717) is 25.6 Å². The molecule has 3 rings (SSSR count). The minimum absolute atomic E-state index is 0.185. The van der Waals surface area contributed by atoms with Crippen molar-refractivity contribution < 1.29 is 19.4 Å². The molecule has 1 atom stereocenters.